The fourth-order valence-corrected chi connectivity index (χ4v) is 3.71. The Bertz CT molecular complexity index is 1300. The first-order chi connectivity index (χ1) is 15.3. The van der Waals surface area contributed by atoms with Crippen molar-refractivity contribution >= 4 is 40.0 Å². The van der Waals surface area contributed by atoms with Crippen LogP contribution in [0.15, 0.2) is 59.0 Å². The molecule has 0 aliphatic rings. The smallest absolute Gasteiger partial charge is 0.433 e. The number of rotatable bonds is 8. The number of carbonyl (C=O) groups is 1. The lowest BCUT2D eigenvalue weighted by molar-refractivity contribution is -0.402. The van der Waals surface area contributed by atoms with Gasteiger partial charge in [0.2, 0.25) is 0 Å². The second-order valence-corrected chi connectivity index (χ2v) is 7.60. The van der Waals surface area contributed by atoms with Crippen LogP contribution in [0.3, 0.4) is 0 Å². The van der Waals surface area contributed by atoms with Gasteiger partial charge in [-0.2, -0.15) is 0 Å². The van der Waals surface area contributed by atoms with Crippen LogP contribution in [0, 0.1) is 15.9 Å². The molecule has 0 radical (unpaired) electrons. The van der Waals surface area contributed by atoms with Crippen LogP contribution in [0.25, 0.3) is 10.9 Å². The molecule has 8 nitrogen and oxygen atoms in total. The lowest BCUT2D eigenvalue weighted by Gasteiger charge is -2.25. The van der Waals surface area contributed by atoms with E-state index in [1.807, 2.05) is 6.07 Å². The summed E-state index contributed by atoms with van der Waals surface area (Å²) in [5, 5.41) is 21.0. The summed E-state index contributed by atoms with van der Waals surface area (Å²) in [4.78, 5) is 26.2. The first-order valence-corrected chi connectivity index (χ1v) is 9.92. The minimum Gasteiger partial charge on any atom is -0.481 e. The Labute approximate surface area is 186 Å². The Hall–Kier alpha value is -3.85. The molecule has 0 amide bonds. The third kappa shape index (κ3) is 4.57. The van der Waals surface area contributed by atoms with Gasteiger partial charge in [-0.1, -0.05) is 17.7 Å². The number of nitrogens with one attached hydrogen (secondary N) is 1. The lowest BCUT2D eigenvalue weighted by atomic mass is 10.1. The van der Waals surface area contributed by atoms with Crippen molar-refractivity contribution in [1.29, 1.82) is 0 Å². The number of benzene rings is 2. The number of furan rings is 1. The zero-order valence-corrected chi connectivity index (χ0v) is 17.3. The number of nitro groups is 1. The molecule has 0 spiro atoms. The number of aromatic amines is 1. The van der Waals surface area contributed by atoms with Gasteiger partial charge in [-0.15, -0.1) is 0 Å². The van der Waals surface area contributed by atoms with Gasteiger partial charge in [0.1, 0.15) is 16.5 Å². The van der Waals surface area contributed by atoms with E-state index in [-0.39, 0.29) is 36.0 Å². The summed E-state index contributed by atoms with van der Waals surface area (Å²) in [7, 11) is 0. The Balaban J connectivity index is 1.71. The summed E-state index contributed by atoms with van der Waals surface area (Å²) >= 11 is 6.22. The van der Waals surface area contributed by atoms with Gasteiger partial charge in [-0.25, -0.2) is 4.39 Å². The third-order valence-corrected chi connectivity index (χ3v) is 5.31. The molecule has 0 bridgehead atoms. The molecular weight excluding hydrogens is 441 g/mol. The second kappa shape index (κ2) is 8.72. The summed E-state index contributed by atoms with van der Waals surface area (Å²) in [6.07, 6.45) is -0.144. The maximum Gasteiger partial charge on any atom is 0.433 e. The van der Waals surface area contributed by atoms with Crippen molar-refractivity contribution in [3.8, 4) is 0 Å². The normalized spacial score (nSPS) is 11.1. The molecule has 0 saturated carbocycles. The van der Waals surface area contributed by atoms with Crippen molar-refractivity contribution in [1.82, 2.24) is 4.98 Å². The fraction of sp³-hybridized carbons (Fsp3) is 0.136. The summed E-state index contributed by atoms with van der Waals surface area (Å²) in [5.41, 5.74) is 2.25. The zero-order valence-electron chi connectivity index (χ0n) is 16.5. The molecule has 0 aliphatic heterocycles. The molecule has 2 N–H and O–H groups in total. The maximum absolute atomic E-state index is 14.5. The fourth-order valence-electron chi connectivity index (χ4n) is 3.49. The monoisotopic (exact) mass is 457 g/mol. The number of anilines is 1. The Morgan fingerprint density at radius 3 is 2.69 bits per heavy atom. The number of fused-ring (bicyclic) bond motifs is 1. The molecule has 0 atom stereocenters. The summed E-state index contributed by atoms with van der Waals surface area (Å²) in [5.74, 6) is -1.49. The predicted molar refractivity (Wildman–Crippen MR) is 116 cm³/mol. The van der Waals surface area contributed by atoms with Crippen LogP contribution in [0.4, 0.5) is 16.0 Å². The van der Waals surface area contributed by atoms with Crippen molar-refractivity contribution < 1.29 is 23.6 Å². The molecule has 10 heteroatoms. The molecule has 0 unspecified atom stereocenters. The van der Waals surface area contributed by atoms with Gasteiger partial charge >= 0.3 is 11.9 Å². The highest BCUT2D eigenvalue weighted by Crippen LogP contribution is 2.29. The van der Waals surface area contributed by atoms with Crippen molar-refractivity contribution in [3.05, 3.63) is 92.6 Å². The average molecular weight is 458 g/mol. The highest BCUT2D eigenvalue weighted by Gasteiger charge is 2.19. The maximum atomic E-state index is 14.5. The number of aromatic nitrogens is 1. The van der Waals surface area contributed by atoms with E-state index in [0.29, 0.717) is 17.1 Å². The number of hydrogen-bond donors (Lipinski definition) is 2. The number of carboxylic acids is 1. The van der Waals surface area contributed by atoms with Crippen molar-refractivity contribution in [2.75, 3.05) is 4.90 Å². The van der Waals surface area contributed by atoms with Gasteiger partial charge in [0, 0.05) is 39.4 Å². The molecule has 4 aromatic rings. The number of aliphatic carboxylic acids is 1. The molecular formula is C22H17ClFN3O5. The van der Waals surface area contributed by atoms with Crippen LogP contribution in [0.5, 0.6) is 0 Å². The Morgan fingerprint density at radius 1 is 1.19 bits per heavy atom. The van der Waals surface area contributed by atoms with E-state index in [4.69, 9.17) is 21.1 Å². The molecule has 2 heterocycles. The zero-order chi connectivity index (χ0) is 22.8. The third-order valence-electron chi connectivity index (χ3n) is 4.95. The molecule has 0 fully saturated rings. The quantitative estimate of drug-likeness (QED) is 0.274. The summed E-state index contributed by atoms with van der Waals surface area (Å²) < 4.78 is 19.8. The van der Waals surface area contributed by atoms with E-state index in [1.54, 1.807) is 29.2 Å². The van der Waals surface area contributed by atoms with E-state index in [2.05, 4.69) is 4.98 Å². The highest BCUT2D eigenvalue weighted by atomic mass is 35.5. The molecule has 164 valence electrons. The van der Waals surface area contributed by atoms with Crippen LogP contribution in [-0.4, -0.2) is 21.0 Å². The Kier molecular flexibility index (Phi) is 5.83. The van der Waals surface area contributed by atoms with Crippen LogP contribution >= 0.6 is 11.6 Å². The van der Waals surface area contributed by atoms with Crippen molar-refractivity contribution in [2.24, 2.45) is 0 Å². The lowest BCUT2D eigenvalue weighted by Crippen LogP contribution is -2.22. The van der Waals surface area contributed by atoms with Crippen LogP contribution < -0.4 is 4.90 Å². The van der Waals surface area contributed by atoms with Crippen LogP contribution in [0.2, 0.25) is 5.02 Å². The first-order valence-electron chi connectivity index (χ1n) is 9.54. The van der Waals surface area contributed by atoms with E-state index < -0.39 is 16.7 Å². The minimum absolute atomic E-state index is 0.0813. The molecule has 32 heavy (non-hydrogen) atoms. The van der Waals surface area contributed by atoms with Gasteiger partial charge in [0.25, 0.3) is 0 Å². The Morgan fingerprint density at radius 2 is 2.00 bits per heavy atom. The van der Waals surface area contributed by atoms with E-state index in [1.165, 1.54) is 24.3 Å². The molecule has 2 aromatic carbocycles. The van der Waals surface area contributed by atoms with Gasteiger partial charge in [-0.05, 0) is 42.5 Å². The van der Waals surface area contributed by atoms with E-state index in [9.17, 15) is 19.3 Å². The van der Waals surface area contributed by atoms with Gasteiger partial charge in [-0.3, -0.25) is 14.9 Å². The summed E-state index contributed by atoms with van der Waals surface area (Å²) in [6.45, 7) is 0.203. The van der Waals surface area contributed by atoms with E-state index in [0.717, 1.165) is 10.9 Å². The largest absolute Gasteiger partial charge is 0.481 e. The predicted octanol–water partition coefficient (Wildman–Crippen LogP) is 5.30. The number of nitrogens with zero attached hydrogens (tertiary/aromatic N) is 2. The second-order valence-electron chi connectivity index (χ2n) is 7.19. The van der Waals surface area contributed by atoms with Crippen molar-refractivity contribution in [2.45, 2.75) is 19.5 Å². The summed E-state index contributed by atoms with van der Waals surface area (Å²) in [6, 6.07) is 14.3. The van der Waals surface area contributed by atoms with E-state index >= 15 is 0 Å². The highest BCUT2D eigenvalue weighted by molar-refractivity contribution is 6.31. The molecule has 0 aliphatic carbocycles. The molecule has 0 saturated heterocycles. The topological polar surface area (TPSA) is 113 Å². The minimum atomic E-state index is -0.952. The number of H-pyrrole nitrogens is 1. The SMILES string of the molecule is O=C(O)Cc1cc2cc(N(Cc3ccc([N+](=O)[O-])o3)Cc3c(F)cccc3Cl)ccc2[nH]1. The standard InChI is InChI=1S/C22H17ClFN3O5/c23-18-2-1-3-19(24)17(18)12-26(11-16-5-7-21(32-16)27(30)31)15-4-6-20-13(9-15)8-14(25-20)10-22(28)29/h1-9,25H,10-12H2,(H,28,29). The van der Waals surface area contributed by atoms with Gasteiger partial charge < -0.3 is 19.4 Å². The van der Waals surface area contributed by atoms with Crippen LogP contribution in [-0.2, 0) is 24.3 Å². The average Bonchev–Trinajstić information content (AvgIpc) is 3.35. The number of hydrogen-bond acceptors (Lipinski definition) is 5. The number of carboxylic acid groups (broad SMARTS) is 1. The molecule has 2 aromatic heterocycles. The first kappa shape index (κ1) is 21.4. The van der Waals surface area contributed by atoms with Gasteiger partial charge in [0.15, 0.2) is 0 Å². The molecule has 4 rings (SSSR count). The van der Waals surface area contributed by atoms with Crippen molar-refractivity contribution in [3.63, 3.8) is 0 Å². The van der Waals surface area contributed by atoms with Gasteiger partial charge in [0.05, 0.1) is 19.0 Å². The number of halogens is 2. The van der Waals surface area contributed by atoms with Crippen LogP contribution in [0.1, 0.15) is 17.0 Å².